The van der Waals surface area contributed by atoms with Crippen molar-refractivity contribution in [1.82, 2.24) is 9.88 Å². The van der Waals surface area contributed by atoms with Gasteiger partial charge in [-0.2, -0.15) is 4.39 Å². The van der Waals surface area contributed by atoms with Gasteiger partial charge in [0.1, 0.15) is 28.2 Å². The van der Waals surface area contributed by atoms with E-state index in [9.17, 15) is 12.8 Å². The SMILES string of the molecule is COc1ccc(CN(c2cccc(F)n2)S(=O)(=O)c2c(F)cc(N3CC[C@@](C)(N4CCC(C)(OC)CC4)C3)c(Cl)c2F)c(OC)c1. The molecule has 0 saturated carbocycles. The Morgan fingerprint density at radius 3 is 2.33 bits per heavy atom. The number of sulfonamides is 1. The second-order valence-corrected chi connectivity index (χ2v) is 14.3. The number of pyridine rings is 1. The number of halogens is 4. The second kappa shape index (κ2) is 13.1. The van der Waals surface area contributed by atoms with Gasteiger partial charge in [-0.1, -0.05) is 17.7 Å². The van der Waals surface area contributed by atoms with Gasteiger partial charge < -0.3 is 19.1 Å². The molecule has 0 N–H and O–H groups in total. The summed E-state index contributed by atoms with van der Waals surface area (Å²) in [4.78, 5) is 6.58. The van der Waals surface area contributed by atoms with Gasteiger partial charge in [-0.05, 0) is 57.4 Å². The van der Waals surface area contributed by atoms with Crippen LogP contribution >= 0.6 is 11.6 Å². The minimum Gasteiger partial charge on any atom is -0.497 e. The zero-order valence-electron chi connectivity index (χ0n) is 26.4. The van der Waals surface area contributed by atoms with E-state index in [0.717, 1.165) is 44.5 Å². The zero-order chi connectivity index (χ0) is 33.4. The highest BCUT2D eigenvalue weighted by atomic mass is 35.5. The van der Waals surface area contributed by atoms with Crippen molar-refractivity contribution in [3.63, 3.8) is 0 Å². The third-order valence-electron chi connectivity index (χ3n) is 9.28. The molecule has 9 nitrogen and oxygen atoms in total. The van der Waals surface area contributed by atoms with E-state index in [4.69, 9.17) is 25.8 Å². The number of hydrogen-bond acceptors (Lipinski definition) is 8. The molecule has 2 fully saturated rings. The Kier molecular flexibility index (Phi) is 9.70. The van der Waals surface area contributed by atoms with Crippen LogP contribution < -0.4 is 18.7 Å². The molecule has 1 aromatic heterocycles. The first-order valence-electron chi connectivity index (χ1n) is 14.8. The average molecular weight is 683 g/mol. The van der Waals surface area contributed by atoms with Crippen molar-refractivity contribution in [2.24, 2.45) is 0 Å². The van der Waals surface area contributed by atoms with Gasteiger partial charge in [-0.3, -0.25) is 4.90 Å². The van der Waals surface area contributed by atoms with Crippen molar-refractivity contribution in [2.45, 2.75) is 55.7 Å². The highest BCUT2D eigenvalue weighted by Crippen LogP contribution is 2.42. The van der Waals surface area contributed by atoms with Crippen LogP contribution in [-0.2, 0) is 21.3 Å². The molecule has 0 unspecified atom stereocenters. The summed E-state index contributed by atoms with van der Waals surface area (Å²) in [6, 6.07) is 9.07. The van der Waals surface area contributed by atoms with E-state index in [0.29, 0.717) is 28.7 Å². The third kappa shape index (κ3) is 6.47. The van der Waals surface area contributed by atoms with Gasteiger partial charge in [0.25, 0.3) is 10.0 Å². The van der Waals surface area contributed by atoms with Crippen LogP contribution in [0, 0.1) is 17.6 Å². The maximum atomic E-state index is 16.1. The van der Waals surface area contributed by atoms with E-state index in [1.807, 2.05) is 0 Å². The summed E-state index contributed by atoms with van der Waals surface area (Å²) in [5, 5.41) is -0.524. The van der Waals surface area contributed by atoms with Crippen molar-refractivity contribution < 1.29 is 35.8 Å². The molecule has 250 valence electrons. The number of rotatable bonds is 10. The molecule has 2 aliphatic rings. The molecule has 2 saturated heterocycles. The number of ether oxygens (including phenoxy) is 3. The summed E-state index contributed by atoms with van der Waals surface area (Å²) in [6.07, 6.45) is 2.43. The molecule has 0 aliphatic carbocycles. The van der Waals surface area contributed by atoms with Crippen LogP contribution in [0.15, 0.2) is 47.4 Å². The molecule has 0 spiro atoms. The molecule has 0 bridgehead atoms. The fraction of sp³-hybridized carbons (Fsp3) is 0.469. The Morgan fingerprint density at radius 2 is 1.70 bits per heavy atom. The molecule has 2 aromatic carbocycles. The first-order chi connectivity index (χ1) is 21.7. The minimum absolute atomic E-state index is 0.0605. The van der Waals surface area contributed by atoms with E-state index in [1.54, 1.807) is 18.1 Å². The molecule has 1 atom stereocenters. The molecular weight excluding hydrogens is 645 g/mol. The number of methoxy groups -OCH3 is 3. The van der Waals surface area contributed by atoms with Crippen molar-refractivity contribution in [3.8, 4) is 11.5 Å². The standard InChI is InChI=1S/C32H38ClF3N4O5S/c1-31(39-15-12-32(2,45-5)13-16-39)11-14-38(20-31)24-18-23(34)30(29(36)28(24)33)46(41,42)40(27-8-6-7-26(35)37-27)19-21-9-10-22(43-3)17-25(21)44-4/h6-10,17-18H,11-16,19-20H2,1-5H3/t31-/m1/s1. The molecule has 3 aromatic rings. The number of hydrogen-bond donors (Lipinski definition) is 0. The van der Waals surface area contributed by atoms with Gasteiger partial charge in [-0.25, -0.2) is 26.5 Å². The van der Waals surface area contributed by atoms with E-state index in [1.165, 1.54) is 38.5 Å². The van der Waals surface area contributed by atoms with E-state index in [-0.39, 0.29) is 22.6 Å². The Balaban J connectivity index is 1.49. The summed E-state index contributed by atoms with van der Waals surface area (Å²) < 4.78 is 91.5. The zero-order valence-corrected chi connectivity index (χ0v) is 28.0. The van der Waals surface area contributed by atoms with Crippen LogP contribution in [0.2, 0.25) is 5.02 Å². The minimum atomic E-state index is -5.04. The first kappa shape index (κ1) is 34.1. The normalized spacial score (nSPS) is 20.2. The second-order valence-electron chi connectivity index (χ2n) is 12.2. The number of benzene rings is 2. The van der Waals surface area contributed by atoms with Crippen molar-refractivity contribution >= 4 is 33.1 Å². The maximum absolute atomic E-state index is 16.1. The van der Waals surface area contributed by atoms with E-state index >= 15 is 8.78 Å². The molecule has 5 rings (SSSR count). The lowest BCUT2D eigenvalue weighted by Crippen LogP contribution is -2.54. The summed E-state index contributed by atoms with van der Waals surface area (Å²) in [7, 11) is -0.499. The first-order valence-corrected chi connectivity index (χ1v) is 16.7. The smallest absolute Gasteiger partial charge is 0.271 e. The molecule has 0 radical (unpaired) electrons. The predicted octanol–water partition coefficient (Wildman–Crippen LogP) is 6.03. The molecule has 14 heteroatoms. The summed E-state index contributed by atoms with van der Waals surface area (Å²) in [6.45, 7) is 6.24. The van der Waals surface area contributed by atoms with Gasteiger partial charge in [0.15, 0.2) is 10.7 Å². The number of nitrogens with zero attached hydrogens (tertiary/aromatic N) is 4. The maximum Gasteiger partial charge on any atom is 0.271 e. The fourth-order valence-corrected chi connectivity index (χ4v) is 8.07. The predicted molar refractivity (Wildman–Crippen MR) is 170 cm³/mol. The Morgan fingerprint density at radius 1 is 0.978 bits per heavy atom. The topological polar surface area (TPSA) is 84.4 Å². The van der Waals surface area contributed by atoms with Crippen LogP contribution in [0.1, 0.15) is 38.7 Å². The lowest BCUT2D eigenvalue weighted by Gasteiger charge is -2.46. The Hall–Kier alpha value is -3.26. The van der Waals surface area contributed by atoms with Gasteiger partial charge in [-0.15, -0.1) is 0 Å². The van der Waals surface area contributed by atoms with Gasteiger partial charge >= 0.3 is 0 Å². The molecule has 46 heavy (non-hydrogen) atoms. The van der Waals surface area contributed by atoms with Gasteiger partial charge in [0, 0.05) is 56.5 Å². The van der Waals surface area contributed by atoms with Gasteiger partial charge in [0.2, 0.25) is 5.95 Å². The quantitative estimate of drug-likeness (QED) is 0.189. The van der Waals surface area contributed by atoms with E-state index in [2.05, 4.69) is 23.7 Å². The summed E-state index contributed by atoms with van der Waals surface area (Å²) in [5.74, 6) is -3.47. The number of piperidine rings is 1. The molecule has 2 aliphatic heterocycles. The average Bonchev–Trinajstić information content (AvgIpc) is 3.44. The summed E-state index contributed by atoms with van der Waals surface area (Å²) >= 11 is 6.50. The Labute approximate surface area is 272 Å². The van der Waals surface area contributed by atoms with E-state index < -0.39 is 49.9 Å². The number of anilines is 2. The Bertz CT molecular complexity index is 1710. The summed E-state index contributed by atoms with van der Waals surface area (Å²) in [5.41, 5.74) is -0.102. The van der Waals surface area contributed by atoms with Gasteiger partial charge in [0.05, 0.1) is 32.1 Å². The molecular formula is C32H38ClF3N4O5S. The number of likely N-dealkylation sites (tertiary alicyclic amines) is 1. The van der Waals surface area contributed by atoms with Crippen molar-refractivity contribution in [2.75, 3.05) is 56.7 Å². The fourth-order valence-electron chi connectivity index (χ4n) is 6.24. The van der Waals surface area contributed by atoms with Crippen LogP contribution in [0.5, 0.6) is 11.5 Å². The lowest BCUT2D eigenvalue weighted by atomic mass is 9.88. The van der Waals surface area contributed by atoms with Crippen LogP contribution in [0.4, 0.5) is 24.7 Å². The highest BCUT2D eigenvalue weighted by molar-refractivity contribution is 7.92. The van der Waals surface area contributed by atoms with Crippen LogP contribution in [0.3, 0.4) is 0 Å². The van der Waals surface area contributed by atoms with Crippen LogP contribution in [-0.4, -0.2) is 77.0 Å². The monoisotopic (exact) mass is 682 g/mol. The molecule has 0 amide bonds. The van der Waals surface area contributed by atoms with Crippen molar-refractivity contribution in [3.05, 3.63) is 70.6 Å². The lowest BCUT2D eigenvalue weighted by molar-refractivity contribution is -0.0604. The molecule has 3 heterocycles. The van der Waals surface area contributed by atoms with Crippen molar-refractivity contribution in [1.29, 1.82) is 0 Å². The third-order valence-corrected chi connectivity index (χ3v) is 11.4. The largest absolute Gasteiger partial charge is 0.497 e. The number of aromatic nitrogens is 1. The highest BCUT2D eigenvalue weighted by Gasteiger charge is 2.44. The van der Waals surface area contributed by atoms with Crippen LogP contribution in [0.25, 0.3) is 0 Å².